The standard InChI is InChI=1S/C13H17BrN4/c1-13(2,3)12-16-11(18(4)17-12)9-7-8(14)5-6-10(9)15/h5-7H,15H2,1-4H3. The Balaban J connectivity index is 2.58. The lowest BCUT2D eigenvalue weighted by molar-refractivity contribution is 0.538. The van der Waals surface area contributed by atoms with Crippen LogP contribution in [0.4, 0.5) is 5.69 Å². The molecule has 0 aliphatic heterocycles. The molecule has 1 aromatic heterocycles. The zero-order valence-corrected chi connectivity index (χ0v) is 12.6. The average Bonchev–Trinajstić information content (AvgIpc) is 2.64. The van der Waals surface area contributed by atoms with Crippen molar-refractivity contribution < 1.29 is 0 Å². The second-order valence-electron chi connectivity index (χ2n) is 5.36. The number of anilines is 1. The third-order valence-corrected chi connectivity index (χ3v) is 3.18. The van der Waals surface area contributed by atoms with Crippen molar-refractivity contribution in [1.82, 2.24) is 14.8 Å². The summed E-state index contributed by atoms with van der Waals surface area (Å²) in [6.45, 7) is 6.28. The fraction of sp³-hybridized carbons (Fsp3) is 0.385. The first-order valence-electron chi connectivity index (χ1n) is 5.76. The minimum absolute atomic E-state index is 0.0726. The maximum absolute atomic E-state index is 6.01. The van der Waals surface area contributed by atoms with Gasteiger partial charge in [-0.05, 0) is 18.2 Å². The number of benzene rings is 1. The van der Waals surface area contributed by atoms with Gasteiger partial charge >= 0.3 is 0 Å². The minimum Gasteiger partial charge on any atom is -0.398 e. The van der Waals surface area contributed by atoms with Crippen molar-refractivity contribution in [3.05, 3.63) is 28.5 Å². The summed E-state index contributed by atoms with van der Waals surface area (Å²) in [4.78, 5) is 4.60. The van der Waals surface area contributed by atoms with Gasteiger partial charge in [-0.15, -0.1) is 0 Å². The Labute approximate surface area is 115 Å². The Morgan fingerprint density at radius 1 is 1.28 bits per heavy atom. The fourth-order valence-electron chi connectivity index (χ4n) is 1.66. The third-order valence-electron chi connectivity index (χ3n) is 2.69. The number of rotatable bonds is 1. The van der Waals surface area contributed by atoms with Gasteiger partial charge in [0.25, 0.3) is 0 Å². The number of hydrogen-bond acceptors (Lipinski definition) is 3. The molecule has 0 radical (unpaired) electrons. The van der Waals surface area contributed by atoms with Gasteiger partial charge < -0.3 is 5.73 Å². The van der Waals surface area contributed by atoms with Crippen molar-refractivity contribution in [3.8, 4) is 11.4 Å². The molecule has 0 unspecified atom stereocenters. The van der Waals surface area contributed by atoms with Crippen molar-refractivity contribution in [2.45, 2.75) is 26.2 Å². The van der Waals surface area contributed by atoms with E-state index in [0.717, 1.165) is 21.7 Å². The van der Waals surface area contributed by atoms with Gasteiger partial charge in [0.15, 0.2) is 11.6 Å². The van der Waals surface area contributed by atoms with Gasteiger partial charge in [0, 0.05) is 28.2 Å². The lowest BCUT2D eigenvalue weighted by Gasteiger charge is -2.12. The molecule has 18 heavy (non-hydrogen) atoms. The molecule has 0 saturated carbocycles. The molecular weight excluding hydrogens is 292 g/mol. The first kappa shape index (κ1) is 13.1. The molecule has 0 amide bonds. The fourth-order valence-corrected chi connectivity index (χ4v) is 2.02. The minimum atomic E-state index is -0.0726. The second kappa shape index (κ2) is 4.39. The SMILES string of the molecule is Cn1nc(C(C)(C)C)nc1-c1cc(Br)ccc1N. The van der Waals surface area contributed by atoms with Crippen molar-refractivity contribution in [2.24, 2.45) is 7.05 Å². The lowest BCUT2D eigenvalue weighted by Crippen LogP contribution is -2.13. The average molecular weight is 309 g/mol. The summed E-state index contributed by atoms with van der Waals surface area (Å²) in [6, 6.07) is 5.75. The molecule has 2 aromatic rings. The predicted molar refractivity (Wildman–Crippen MR) is 77.3 cm³/mol. The molecule has 5 heteroatoms. The molecule has 2 N–H and O–H groups in total. The van der Waals surface area contributed by atoms with E-state index in [1.165, 1.54) is 0 Å². The summed E-state index contributed by atoms with van der Waals surface area (Å²) >= 11 is 3.45. The van der Waals surface area contributed by atoms with Crippen molar-refractivity contribution in [3.63, 3.8) is 0 Å². The van der Waals surface area contributed by atoms with Crippen LogP contribution in [0.1, 0.15) is 26.6 Å². The number of nitrogens with two attached hydrogens (primary N) is 1. The van der Waals surface area contributed by atoms with E-state index in [-0.39, 0.29) is 5.41 Å². The highest BCUT2D eigenvalue weighted by atomic mass is 79.9. The van der Waals surface area contributed by atoms with Crippen LogP contribution >= 0.6 is 15.9 Å². The molecular formula is C13H17BrN4. The number of nitrogen functional groups attached to an aromatic ring is 1. The molecule has 0 spiro atoms. The molecule has 4 nitrogen and oxygen atoms in total. The van der Waals surface area contributed by atoms with E-state index in [1.54, 1.807) is 4.68 Å². The van der Waals surface area contributed by atoms with E-state index in [4.69, 9.17) is 5.73 Å². The summed E-state index contributed by atoms with van der Waals surface area (Å²) in [7, 11) is 1.89. The Hall–Kier alpha value is -1.36. The van der Waals surface area contributed by atoms with Crippen molar-refractivity contribution in [1.29, 1.82) is 0 Å². The highest BCUT2D eigenvalue weighted by Crippen LogP contribution is 2.29. The number of hydrogen-bond donors (Lipinski definition) is 1. The Bertz CT molecular complexity index is 581. The van der Waals surface area contributed by atoms with E-state index in [2.05, 4.69) is 46.8 Å². The van der Waals surface area contributed by atoms with Crippen LogP contribution in [0, 0.1) is 0 Å². The number of aromatic nitrogens is 3. The zero-order chi connectivity index (χ0) is 13.5. The van der Waals surface area contributed by atoms with Gasteiger partial charge in [0.2, 0.25) is 0 Å². The molecule has 0 atom stereocenters. The van der Waals surface area contributed by atoms with Gasteiger partial charge in [-0.25, -0.2) is 9.67 Å². The molecule has 0 aliphatic rings. The Morgan fingerprint density at radius 2 is 1.94 bits per heavy atom. The van der Waals surface area contributed by atoms with Gasteiger partial charge in [0.05, 0.1) is 0 Å². The maximum atomic E-state index is 6.01. The van der Waals surface area contributed by atoms with Crippen LogP contribution < -0.4 is 5.73 Å². The molecule has 96 valence electrons. The first-order valence-corrected chi connectivity index (χ1v) is 6.55. The predicted octanol–water partition coefficient (Wildman–Crippen LogP) is 3.12. The normalized spacial score (nSPS) is 11.8. The highest BCUT2D eigenvalue weighted by Gasteiger charge is 2.22. The second-order valence-corrected chi connectivity index (χ2v) is 6.28. The summed E-state index contributed by atoms with van der Waals surface area (Å²) < 4.78 is 2.76. The molecule has 1 heterocycles. The molecule has 1 aromatic carbocycles. The largest absolute Gasteiger partial charge is 0.398 e. The summed E-state index contributed by atoms with van der Waals surface area (Å²) in [5.41, 5.74) is 7.54. The topological polar surface area (TPSA) is 56.7 Å². The van der Waals surface area contributed by atoms with E-state index < -0.39 is 0 Å². The number of aryl methyl sites for hydroxylation is 1. The van der Waals surface area contributed by atoms with Crippen LogP contribution in [0.3, 0.4) is 0 Å². The van der Waals surface area contributed by atoms with E-state index in [1.807, 2.05) is 25.2 Å². The van der Waals surface area contributed by atoms with Crippen LogP contribution in [-0.2, 0) is 12.5 Å². The summed E-state index contributed by atoms with van der Waals surface area (Å²) in [6.07, 6.45) is 0. The molecule has 2 rings (SSSR count). The van der Waals surface area contributed by atoms with E-state index in [0.29, 0.717) is 5.69 Å². The maximum Gasteiger partial charge on any atom is 0.160 e. The highest BCUT2D eigenvalue weighted by molar-refractivity contribution is 9.10. The van der Waals surface area contributed by atoms with Gasteiger partial charge in [-0.1, -0.05) is 36.7 Å². The van der Waals surface area contributed by atoms with Gasteiger partial charge in [-0.2, -0.15) is 5.10 Å². The summed E-state index contributed by atoms with van der Waals surface area (Å²) in [5.74, 6) is 1.61. The molecule has 0 fully saturated rings. The lowest BCUT2D eigenvalue weighted by atomic mass is 9.96. The van der Waals surface area contributed by atoms with Crippen LogP contribution in [0.2, 0.25) is 0 Å². The van der Waals surface area contributed by atoms with Gasteiger partial charge in [0.1, 0.15) is 0 Å². The molecule has 0 saturated heterocycles. The van der Waals surface area contributed by atoms with Crippen LogP contribution in [0.25, 0.3) is 11.4 Å². The van der Waals surface area contributed by atoms with Crippen LogP contribution in [0.5, 0.6) is 0 Å². The number of halogens is 1. The monoisotopic (exact) mass is 308 g/mol. The van der Waals surface area contributed by atoms with Crippen molar-refractivity contribution >= 4 is 21.6 Å². The van der Waals surface area contributed by atoms with Crippen LogP contribution in [-0.4, -0.2) is 14.8 Å². The van der Waals surface area contributed by atoms with E-state index >= 15 is 0 Å². The molecule has 0 aliphatic carbocycles. The Kier molecular flexibility index (Phi) is 3.19. The van der Waals surface area contributed by atoms with E-state index in [9.17, 15) is 0 Å². The van der Waals surface area contributed by atoms with Crippen molar-refractivity contribution in [2.75, 3.05) is 5.73 Å². The first-order chi connectivity index (χ1) is 8.29. The summed E-state index contributed by atoms with van der Waals surface area (Å²) in [5, 5.41) is 4.46. The van der Waals surface area contributed by atoms with Gasteiger partial charge in [-0.3, -0.25) is 0 Å². The van der Waals surface area contributed by atoms with Crippen LogP contribution in [0.15, 0.2) is 22.7 Å². The Morgan fingerprint density at radius 3 is 2.50 bits per heavy atom. The zero-order valence-electron chi connectivity index (χ0n) is 11.0. The third kappa shape index (κ3) is 2.41. The molecule has 0 bridgehead atoms. The number of nitrogens with zero attached hydrogens (tertiary/aromatic N) is 3. The smallest absolute Gasteiger partial charge is 0.160 e. The quantitative estimate of drug-likeness (QED) is 0.823.